The Hall–Kier alpha value is -1.60. The molecule has 0 rings (SSSR count). The van der Waals surface area contributed by atoms with Crippen molar-refractivity contribution in [2.75, 3.05) is 19.8 Å². The Balaban J connectivity index is 0. The van der Waals surface area contributed by atoms with Crippen LogP contribution in [-0.4, -0.2) is 25.8 Å². The van der Waals surface area contributed by atoms with Crippen molar-refractivity contribution in [2.45, 2.75) is 13.8 Å². The van der Waals surface area contributed by atoms with Crippen LogP contribution in [0.3, 0.4) is 0 Å². The second-order valence-electron chi connectivity index (χ2n) is 2.45. The summed E-state index contributed by atoms with van der Waals surface area (Å²) in [7, 11) is 0. The maximum atomic E-state index is 10.7. The standard InChI is InChI=1S/C8H14O3.C3H3N/c1-4-10-5-6-11-8(9)7(2)3;1-2-3-4/h2,4-6H2,1,3H3;2H,1H2. The molecule has 4 heteroatoms. The first-order valence-corrected chi connectivity index (χ1v) is 4.51. The van der Waals surface area contributed by atoms with E-state index in [1.165, 1.54) is 6.08 Å². The van der Waals surface area contributed by atoms with Crippen LogP contribution in [0.25, 0.3) is 0 Å². The van der Waals surface area contributed by atoms with E-state index in [9.17, 15) is 4.79 Å². The van der Waals surface area contributed by atoms with Crippen LogP contribution in [0.5, 0.6) is 0 Å². The lowest BCUT2D eigenvalue weighted by molar-refractivity contribution is -0.140. The minimum atomic E-state index is -0.357. The molecule has 0 unspecified atom stereocenters. The number of ether oxygens (including phenoxy) is 2. The molecule has 0 aromatic carbocycles. The number of hydrogen-bond acceptors (Lipinski definition) is 4. The van der Waals surface area contributed by atoms with Gasteiger partial charge in [0.25, 0.3) is 0 Å². The van der Waals surface area contributed by atoms with Crippen molar-refractivity contribution in [2.24, 2.45) is 0 Å². The van der Waals surface area contributed by atoms with Crippen LogP contribution in [0.4, 0.5) is 0 Å². The van der Waals surface area contributed by atoms with Gasteiger partial charge >= 0.3 is 5.97 Å². The molecule has 4 nitrogen and oxygen atoms in total. The number of nitrogens with zero attached hydrogens (tertiary/aromatic N) is 1. The highest BCUT2D eigenvalue weighted by Crippen LogP contribution is 1.91. The molecule has 0 amide bonds. The van der Waals surface area contributed by atoms with Gasteiger partial charge in [-0.05, 0) is 13.8 Å². The Labute approximate surface area is 90.8 Å². The summed E-state index contributed by atoms with van der Waals surface area (Å²) >= 11 is 0. The molecule has 0 aromatic rings. The summed E-state index contributed by atoms with van der Waals surface area (Å²) in [6, 6.07) is 1.69. The van der Waals surface area contributed by atoms with Crippen molar-refractivity contribution in [3.8, 4) is 6.07 Å². The van der Waals surface area contributed by atoms with E-state index in [-0.39, 0.29) is 5.97 Å². The molecule has 0 heterocycles. The van der Waals surface area contributed by atoms with E-state index in [2.05, 4.69) is 13.2 Å². The highest BCUT2D eigenvalue weighted by atomic mass is 16.6. The minimum Gasteiger partial charge on any atom is -0.460 e. The quantitative estimate of drug-likeness (QED) is 0.301. The van der Waals surface area contributed by atoms with Gasteiger partial charge < -0.3 is 9.47 Å². The molecule has 15 heavy (non-hydrogen) atoms. The lowest BCUT2D eigenvalue weighted by Crippen LogP contribution is -2.10. The Morgan fingerprint density at radius 2 is 2.07 bits per heavy atom. The molecule has 0 bridgehead atoms. The molecular formula is C11H17NO3. The van der Waals surface area contributed by atoms with E-state index < -0.39 is 0 Å². The maximum absolute atomic E-state index is 10.7. The second-order valence-corrected chi connectivity index (χ2v) is 2.45. The van der Waals surface area contributed by atoms with E-state index >= 15 is 0 Å². The molecule has 84 valence electrons. The normalized spacial score (nSPS) is 7.80. The van der Waals surface area contributed by atoms with Crippen LogP contribution in [0.1, 0.15) is 13.8 Å². The first-order chi connectivity index (χ1) is 7.09. The van der Waals surface area contributed by atoms with Gasteiger partial charge in [0.15, 0.2) is 0 Å². The molecule has 0 saturated carbocycles. The third-order valence-electron chi connectivity index (χ3n) is 1.10. The smallest absolute Gasteiger partial charge is 0.333 e. The van der Waals surface area contributed by atoms with E-state index in [1.807, 2.05) is 6.92 Å². The summed E-state index contributed by atoms with van der Waals surface area (Å²) in [5, 5.41) is 7.51. The summed E-state index contributed by atoms with van der Waals surface area (Å²) < 4.78 is 9.70. The third kappa shape index (κ3) is 15.2. The summed E-state index contributed by atoms with van der Waals surface area (Å²) in [4.78, 5) is 10.7. The number of esters is 1. The SMILES string of the molecule is C=C(C)C(=O)OCCOCC.C=CC#N. The average molecular weight is 211 g/mol. The fourth-order valence-corrected chi connectivity index (χ4v) is 0.461. The summed E-state index contributed by atoms with van der Waals surface area (Å²) in [6.07, 6.45) is 1.18. The zero-order valence-corrected chi connectivity index (χ0v) is 9.28. The highest BCUT2D eigenvalue weighted by Gasteiger charge is 2.00. The van der Waals surface area contributed by atoms with Gasteiger partial charge in [0, 0.05) is 18.3 Å². The first kappa shape index (κ1) is 15.9. The zero-order chi connectivity index (χ0) is 12.1. The molecule has 0 aliphatic carbocycles. The first-order valence-electron chi connectivity index (χ1n) is 4.51. The van der Waals surface area contributed by atoms with Crippen LogP contribution in [0.15, 0.2) is 24.8 Å². The van der Waals surface area contributed by atoms with Crippen LogP contribution in [-0.2, 0) is 14.3 Å². The van der Waals surface area contributed by atoms with E-state index in [0.29, 0.717) is 25.4 Å². The molecule has 0 aromatic heterocycles. The van der Waals surface area contributed by atoms with Crippen LogP contribution in [0, 0.1) is 11.3 Å². The number of allylic oxidation sites excluding steroid dienone is 1. The van der Waals surface area contributed by atoms with Gasteiger partial charge in [0.2, 0.25) is 0 Å². The topological polar surface area (TPSA) is 59.3 Å². The van der Waals surface area contributed by atoms with Crippen molar-refractivity contribution in [3.63, 3.8) is 0 Å². The predicted octanol–water partition coefficient (Wildman–Crippen LogP) is 1.84. The van der Waals surface area contributed by atoms with Gasteiger partial charge in [-0.3, -0.25) is 0 Å². The zero-order valence-electron chi connectivity index (χ0n) is 9.28. The van der Waals surface area contributed by atoms with Gasteiger partial charge in [-0.2, -0.15) is 5.26 Å². The molecule has 0 aliphatic heterocycles. The lowest BCUT2D eigenvalue weighted by Gasteiger charge is -2.03. The summed E-state index contributed by atoms with van der Waals surface area (Å²) in [5.74, 6) is -0.357. The highest BCUT2D eigenvalue weighted by molar-refractivity contribution is 5.86. The average Bonchev–Trinajstić information content (AvgIpc) is 2.24. The van der Waals surface area contributed by atoms with Crippen molar-refractivity contribution in [1.82, 2.24) is 0 Å². The number of nitriles is 1. The number of carbonyl (C=O) groups is 1. The third-order valence-corrected chi connectivity index (χ3v) is 1.10. The van der Waals surface area contributed by atoms with E-state index in [1.54, 1.807) is 13.0 Å². The minimum absolute atomic E-state index is 0.305. The van der Waals surface area contributed by atoms with Gasteiger partial charge in [-0.25, -0.2) is 4.79 Å². The van der Waals surface area contributed by atoms with Gasteiger partial charge in [0.05, 0.1) is 12.7 Å². The number of rotatable bonds is 5. The fourth-order valence-electron chi connectivity index (χ4n) is 0.461. The van der Waals surface area contributed by atoms with Crippen molar-refractivity contribution < 1.29 is 14.3 Å². The van der Waals surface area contributed by atoms with Crippen LogP contribution >= 0.6 is 0 Å². The van der Waals surface area contributed by atoms with Gasteiger partial charge in [-0.1, -0.05) is 13.2 Å². The fraction of sp³-hybridized carbons (Fsp3) is 0.455. The molecule has 0 saturated heterocycles. The molecule has 0 N–H and O–H groups in total. The van der Waals surface area contributed by atoms with E-state index in [4.69, 9.17) is 14.7 Å². The number of carbonyl (C=O) groups excluding carboxylic acids is 1. The van der Waals surface area contributed by atoms with Crippen molar-refractivity contribution in [3.05, 3.63) is 24.8 Å². The lowest BCUT2D eigenvalue weighted by atomic mass is 10.4. The second kappa shape index (κ2) is 12.4. The van der Waals surface area contributed by atoms with E-state index in [0.717, 1.165) is 0 Å². The summed E-state index contributed by atoms with van der Waals surface area (Å²) in [5.41, 5.74) is 0.418. The van der Waals surface area contributed by atoms with Gasteiger partial charge in [0.1, 0.15) is 6.61 Å². The molecule has 0 spiro atoms. The number of hydrogen-bond donors (Lipinski definition) is 0. The molecule has 0 radical (unpaired) electrons. The molecule has 0 atom stereocenters. The van der Waals surface area contributed by atoms with Crippen LogP contribution in [0.2, 0.25) is 0 Å². The maximum Gasteiger partial charge on any atom is 0.333 e. The monoisotopic (exact) mass is 211 g/mol. The largest absolute Gasteiger partial charge is 0.460 e. The van der Waals surface area contributed by atoms with Crippen LogP contribution < -0.4 is 0 Å². The Kier molecular flexibility index (Phi) is 13.1. The van der Waals surface area contributed by atoms with Crippen molar-refractivity contribution in [1.29, 1.82) is 5.26 Å². The molecule has 0 aliphatic rings. The molecular weight excluding hydrogens is 194 g/mol. The summed E-state index contributed by atoms with van der Waals surface area (Å²) in [6.45, 7) is 11.5. The Bertz CT molecular complexity index is 241. The molecule has 0 fully saturated rings. The Morgan fingerprint density at radius 1 is 1.53 bits per heavy atom. The Morgan fingerprint density at radius 3 is 2.40 bits per heavy atom. The van der Waals surface area contributed by atoms with Gasteiger partial charge in [-0.15, -0.1) is 0 Å². The predicted molar refractivity (Wildman–Crippen MR) is 58.1 cm³/mol. The van der Waals surface area contributed by atoms with Crippen molar-refractivity contribution >= 4 is 5.97 Å².